The SMILES string of the molecule is C=CC(=O)NC1CCCCN(S(=O)(=O)c2ccc(NC(=O)C3CC3)cc2)C1. The van der Waals surface area contributed by atoms with Gasteiger partial charge < -0.3 is 10.6 Å². The van der Waals surface area contributed by atoms with Gasteiger partial charge in [-0.25, -0.2) is 8.42 Å². The van der Waals surface area contributed by atoms with E-state index in [1.807, 2.05) is 0 Å². The molecule has 1 aromatic rings. The molecule has 1 unspecified atom stereocenters. The van der Waals surface area contributed by atoms with E-state index < -0.39 is 10.0 Å². The topological polar surface area (TPSA) is 95.6 Å². The average molecular weight is 391 g/mol. The van der Waals surface area contributed by atoms with Crippen molar-refractivity contribution in [3.05, 3.63) is 36.9 Å². The van der Waals surface area contributed by atoms with Crippen LogP contribution in [0.4, 0.5) is 5.69 Å². The molecule has 1 heterocycles. The van der Waals surface area contributed by atoms with Gasteiger partial charge >= 0.3 is 0 Å². The lowest BCUT2D eigenvalue weighted by molar-refractivity contribution is -0.118. The van der Waals surface area contributed by atoms with Gasteiger partial charge in [-0.05, 0) is 56.0 Å². The summed E-state index contributed by atoms with van der Waals surface area (Å²) in [6, 6.07) is 6.02. The summed E-state index contributed by atoms with van der Waals surface area (Å²) in [6.45, 7) is 4.09. The van der Waals surface area contributed by atoms with Crippen LogP contribution in [0.3, 0.4) is 0 Å². The molecule has 1 aliphatic carbocycles. The summed E-state index contributed by atoms with van der Waals surface area (Å²) in [5.74, 6) is -0.220. The molecule has 0 aromatic heterocycles. The molecular weight excluding hydrogens is 366 g/mol. The molecule has 0 spiro atoms. The van der Waals surface area contributed by atoms with Crippen LogP contribution in [0.2, 0.25) is 0 Å². The fraction of sp³-hybridized carbons (Fsp3) is 0.474. The molecule has 1 atom stereocenters. The van der Waals surface area contributed by atoms with Crippen LogP contribution in [-0.4, -0.2) is 43.7 Å². The van der Waals surface area contributed by atoms with Gasteiger partial charge in [0.05, 0.1) is 4.90 Å². The number of rotatable bonds is 6. The average Bonchev–Trinajstić information content (AvgIpc) is 3.49. The number of benzene rings is 1. The maximum atomic E-state index is 13.0. The van der Waals surface area contributed by atoms with Crippen molar-refractivity contribution in [3.8, 4) is 0 Å². The van der Waals surface area contributed by atoms with Crippen molar-refractivity contribution in [3.63, 3.8) is 0 Å². The molecule has 1 saturated carbocycles. The number of hydrogen-bond donors (Lipinski definition) is 2. The minimum absolute atomic E-state index is 0.0149. The van der Waals surface area contributed by atoms with E-state index in [-0.39, 0.29) is 35.2 Å². The van der Waals surface area contributed by atoms with E-state index in [4.69, 9.17) is 0 Å². The minimum atomic E-state index is -3.67. The van der Waals surface area contributed by atoms with E-state index in [1.165, 1.54) is 22.5 Å². The number of anilines is 1. The smallest absolute Gasteiger partial charge is 0.243 e. The largest absolute Gasteiger partial charge is 0.349 e. The van der Waals surface area contributed by atoms with Gasteiger partial charge in [0, 0.05) is 30.7 Å². The lowest BCUT2D eigenvalue weighted by Crippen LogP contribution is -2.44. The van der Waals surface area contributed by atoms with Crippen molar-refractivity contribution in [1.82, 2.24) is 9.62 Å². The highest BCUT2D eigenvalue weighted by atomic mass is 32.2. The summed E-state index contributed by atoms with van der Waals surface area (Å²) in [7, 11) is -3.67. The van der Waals surface area contributed by atoms with E-state index in [0.717, 1.165) is 32.1 Å². The van der Waals surface area contributed by atoms with Gasteiger partial charge in [0.1, 0.15) is 0 Å². The van der Waals surface area contributed by atoms with Gasteiger partial charge in [0.15, 0.2) is 0 Å². The van der Waals surface area contributed by atoms with E-state index in [0.29, 0.717) is 12.2 Å². The zero-order valence-electron chi connectivity index (χ0n) is 15.2. The van der Waals surface area contributed by atoms with Crippen LogP contribution >= 0.6 is 0 Å². The Morgan fingerprint density at radius 3 is 2.44 bits per heavy atom. The lowest BCUT2D eigenvalue weighted by Gasteiger charge is -2.24. The molecule has 27 heavy (non-hydrogen) atoms. The first-order valence-corrected chi connectivity index (χ1v) is 10.7. The lowest BCUT2D eigenvalue weighted by atomic mass is 10.1. The van der Waals surface area contributed by atoms with Crippen molar-refractivity contribution in [2.75, 3.05) is 18.4 Å². The first kappa shape index (κ1) is 19.6. The summed E-state index contributed by atoms with van der Waals surface area (Å²) >= 11 is 0. The van der Waals surface area contributed by atoms with Crippen LogP contribution in [0.15, 0.2) is 41.8 Å². The Balaban J connectivity index is 1.70. The predicted molar refractivity (Wildman–Crippen MR) is 103 cm³/mol. The number of nitrogens with one attached hydrogen (secondary N) is 2. The van der Waals surface area contributed by atoms with Gasteiger partial charge in [-0.1, -0.05) is 13.0 Å². The summed E-state index contributed by atoms with van der Waals surface area (Å²) in [6.07, 6.45) is 5.35. The maximum absolute atomic E-state index is 13.0. The highest BCUT2D eigenvalue weighted by Crippen LogP contribution is 2.30. The summed E-state index contributed by atoms with van der Waals surface area (Å²) < 4.78 is 27.4. The summed E-state index contributed by atoms with van der Waals surface area (Å²) in [5.41, 5.74) is 0.595. The highest BCUT2D eigenvalue weighted by Gasteiger charge is 2.31. The van der Waals surface area contributed by atoms with E-state index in [1.54, 1.807) is 12.1 Å². The number of nitrogens with zero attached hydrogens (tertiary/aromatic N) is 1. The van der Waals surface area contributed by atoms with Crippen molar-refractivity contribution >= 4 is 27.5 Å². The fourth-order valence-electron chi connectivity index (χ4n) is 3.15. The number of carbonyl (C=O) groups is 2. The molecule has 3 rings (SSSR count). The van der Waals surface area contributed by atoms with Crippen molar-refractivity contribution in [2.45, 2.75) is 43.0 Å². The van der Waals surface area contributed by atoms with Crippen LogP contribution in [0.1, 0.15) is 32.1 Å². The molecule has 2 amide bonds. The van der Waals surface area contributed by atoms with Gasteiger partial charge in [-0.2, -0.15) is 4.31 Å². The Kier molecular flexibility index (Phi) is 5.96. The quantitative estimate of drug-likeness (QED) is 0.724. The second-order valence-electron chi connectivity index (χ2n) is 7.06. The van der Waals surface area contributed by atoms with E-state index in [2.05, 4.69) is 17.2 Å². The third-order valence-corrected chi connectivity index (χ3v) is 6.75. The first-order chi connectivity index (χ1) is 12.9. The highest BCUT2D eigenvalue weighted by molar-refractivity contribution is 7.89. The fourth-order valence-corrected chi connectivity index (χ4v) is 4.68. The van der Waals surface area contributed by atoms with Crippen LogP contribution in [0.5, 0.6) is 0 Å². The van der Waals surface area contributed by atoms with Crippen molar-refractivity contribution in [2.24, 2.45) is 5.92 Å². The summed E-state index contributed by atoms with van der Waals surface area (Å²) in [4.78, 5) is 23.6. The van der Waals surface area contributed by atoms with Crippen LogP contribution < -0.4 is 10.6 Å². The Morgan fingerprint density at radius 1 is 1.11 bits per heavy atom. The molecule has 8 heteroatoms. The number of carbonyl (C=O) groups excluding carboxylic acids is 2. The number of hydrogen-bond acceptors (Lipinski definition) is 4. The van der Waals surface area contributed by atoms with Gasteiger partial charge in [-0.3, -0.25) is 9.59 Å². The third-order valence-electron chi connectivity index (χ3n) is 4.87. The second kappa shape index (κ2) is 8.22. The van der Waals surface area contributed by atoms with Gasteiger partial charge in [-0.15, -0.1) is 0 Å². The standard InChI is InChI=1S/C19H25N3O4S/c1-2-18(23)20-16-5-3-4-12-22(13-16)27(25,26)17-10-8-15(9-11-17)21-19(24)14-6-7-14/h2,8-11,14,16H,1,3-7,12-13H2,(H,20,23)(H,21,24). The van der Waals surface area contributed by atoms with Crippen molar-refractivity contribution in [1.29, 1.82) is 0 Å². The molecule has 2 aliphatic rings. The third kappa shape index (κ3) is 4.95. The molecule has 2 N–H and O–H groups in total. The molecule has 146 valence electrons. The monoisotopic (exact) mass is 391 g/mol. The Morgan fingerprint density at radius 2 is 1.81 bits per heavy atom. The molecule has 7 nitrogen and oxygen atoms in total. The zero-order chi connectivity index (χ0) is 19.4. The predicted octanol–water partition coefficient (Wildman–Crippen LogP) is 1.88. The first-order valence-electron chi connectivity index (χ1n) is 9.24. The molecule has 0 radical (unpaired) electrons. The van der Waals surface area contributed by atoms with Crippen molar-refractivity contribution < 1.29 is 18.0 Å². The van der Waals surface area contributed by atoms with Crippen LogP contribution in [0.25, 0.3) is 0 Å². The molecule has 1 aromatic carbocycles. The number of sulfonamides is 1. The van der Waals surface area contributed by atoms with Gasteiger partial charge in [0.25, 0.3) is 0 Å². The van der Waals surface area contributed by atoms with E-state index >= 15 is 0 Å². The molecule has 2 fully saturated rings. The molecule has 1 aliphatic heterocycles. The molecule has 1 saturated heterocycles. The molecular formula is C19H25N3O4S. The van der Waals surface area contributed by atoms with Gasteiger partial charge in [0.2, 0.25) is 21.8 Å². The Hall–Kier alpha value is -2.19. The van der Waals surface area contributed by atoms with E-state index in [9.17, 15) is 18.0 Å². The zero-order valence-corrected chi connectivity index (χ0v) is 16.0. The summed E-state index contributed by atoms with van der Waals surface area (Å²) in [5, 5.41) is 5.60. The Bertz CT molecular complexity index is 816. The van der Waals surface area contributed by atoms with Crippen LogP contribution in [-0.2, 0) is 19.6 Å². The molecule has 0 bridgehead atoms. The maximum Gasteiger partial charge on any atom is 0.243 e. The normalized spacial score (nSPS) is 21.1. The Labute approximate surface area is 159 Å². The second-order valence-corrected chi connectivity index (χ2v) is 8.99. The number of amides is 2. The van der Waals surface area contributed by atoms with Crippen LogP contribution in [0, 0.1) is 5.92 Å². The minimum Gasteiger partial charge on any atom is -0.349 e.